The Labute approximate surface area is 349 Å². The summed E-state index contributed by atoms with van der Waals surface area (Å²) < 4.78 is 4.03. The largest absolute Gasteiger partial charge is 0.309 e. The van der Waals surface area contributed by atoms with Crippen LogP contribution in [0.3, 0.4) is 0 Å². The van der Waals surface area contributed by atoms with Gasteiger partial charge in [0.1, 0.15) is 5.65 Å². The molecule has 60 heavy (non-hydrogen) atoms. The summed E-state index contributed by atoms with van der Waals surface area (Å²) in [6, 6.07) is 74.6. The zero-order chi connectivity index (χ0) is 40.4. The van der Waals surface area contributed by atoms with E-state index in [0.29, 0.717) is 5.39 Å². The highest BCUT2D eigenvalue weighted by Crippen LogP contribution is 2.54. The van der Waals surface area contributed by atoms with Gasteiger partial charge in [0, 0.05) is 22.2 Å². The number of aromatic nitrogens is 2. The van der Waals surface area contributed by atoms with E-state index in [4.69, 9.17) is 0 Å². The number of hydrogen-bond donors (Lipinski definition) is 0. The van der Waals surface area contributed by atoms with Gasteiger partial charge in [0.25, 0.3) is 5.56 Å². The number of hydrogen-bond acceptors (Lipinski definition) is 2. The summed E-state index contributed by atoms with van der Waals surface area (Å²) in [5.74, 6) is 0. The van der Waals surface area contributed by atoms with Crippen molar-refractivity contribution >= 4 is 33.6 Å². The smallest absolute Gasteiger partial charge is 0.266 e. The first kappa shape index (κ1) is 35.5. The van der Waals surface area contributed by atoms with Gasteiger partial charge in [0.2, 0.25) is 0 Å². The lowest BCUT2D eigenvalue weighted by atomic mass is 9.82. The molecule has 286 valence electrons. The highest BCUT2D eigenvalue weighted by atomic mass is 16.1. The van der Waals surface area contributed by atoms with E-state index in [-0.39, 0.29) is 11.0 Å². The summed E-state index contributed by atoms with van der Waals surface area (Å²) in [5, 5.41) is 0.674. The molecule has 8 aromatic carbocycles. The number of benzene rings is 8. The van der Waals surface area contributed by atoms with Crippen LogP contribution >= 0.6 is 0 Å². The summed E-state index contributed by atoms with van der Waals surface area (Å²) in [6.07, 6.45) is 0. The van der Waals surface area contributed by atoms with E-state index in [1.807, 2.05) is 53.1 Å². The van der Waals surface area contributed by atoms with Crippen LogP contribution < -0.4 is 10.5 Å². The molecule has 0 bridgehead atoms. The predicted molar refractivity (Wildman–Crippen MR) is 249 cm³/mol. The van der Waals surface area contributed by atoms with Crippen LogP contribution in [0.4, 0.5) is 17.1 Å². The number of fused-ring (bicyclic) bond motifs is 6. The van der Waals surface area contributed by atoms with Crippen molar-refractivity contribution in [1.82, 2.24) is 8.97 Å². The minimum atomic E-state index is -0.127. The van der Waals surface area contributed by atoms with Gasteiger partial charge in [-0.3, -0.25) is 13.8 Å². The predicted octanol–water partition coefficient (Wildman–Crippen LogP) is 14.0. The van der Waals surface area contributed by atoms with Crippen LogP contribution in [-0.2, 0) is 5.41 Å². The van der Waals surface area contributed by atoms with Gasteiger partial charge in [-0.2, -0.15) is 0 Å². The van der Waals surface area contributed by atoms with Gasteiger partial charge in [-0.1, -0.05) is 166 Å². The molecule has 1 aliphatic rings. The monoisotopic (exact) mass is 771 g/mol. The molecule has 0 saturated carbocycles. The lowest BCUT2D eigenvalue weighted by Crippen LogP contribution is -2.21. The van der Waals surface area contributed by atoms with E-state index in [1.165, 1.54) is 27.8 Å². The Morgan fingerprint density at radius 3 is 1.78 bits per heavy atom. The van der Waals surface area contributed by atoms with Crippen molar-refractivity contribution in [2.75, 3.05) is 4.90 Å². The Morgan fingerprint density at radius 1 is 0.450 bits per heavy atom. The van der Waals surface area contributed by atoms with Gasteiger partial charge in [-0.25, -0.2) is 0 Å². The summed E-state index contributed by atoms with van der Waals surface area (Å²) in [7, 11) is 0. The zero-order valence-corrected chi connectivity index (χ0v) is 33.5. The third-order valence-electron chi connectivity index (χ3n) is 12.4. The fourth-order valence-corrected chi connectivity index (χ4v) is 9.48. The SMILES string of the molecule is CC1(C)c2ccccc2-c2c(N(c3ccc(-c4ccc(-n5c(=O)c6ccccc6n6c(-c7ccccc7)ccc56)cc4)cc3)c3ccccc3-c3ccccc3)cccc21. The van der Waals surface area contributed by atoms with Crippen molar-refractivity contribution in [3.05, 3.63) is 234 Å². The van der Waals surface area contributed by atoms with Crippen LogP contribution in [0.5, 0.6) is 0 Å². The summed E-state index contributed by atoms with van der Waals surface area (Å²) in [5.41, 5.74) is 17.6. The van der Waals surface area contributed by atoms with Gasteiger partial charge < -0.3 is 4.90 Å². The molecule has 0 atom stereocenters. The highest BCUT2D eigenvalue weighted by Gasteiger charge is 2.38. The molecule has 0 N–H and O–H groups in total. The number of anilines is 3. The van der Waals surface area contributed by atoms with Crippen LogP contribution in [0.15, 0.2) is 217 Å². The minimum absolute atomic E-state index is 0.0396. The highest BCUT2D eigenvalue weighted by molar-refractivity contribution is 5.98. The van der Waals surface area contributed by atoms with Crippen molar-refractivity contribution in [3.8, 4) is 50.3 Å². The van der Waals surface area contributed by atoms with E-state index in [2.05, 4.69) is 187 Å². The van der Waals surface area contributed by atoms with Crippen LogP contribution in [0, 0.1) is 0 Å². The Hall–Kier alpha value is -7.69. The molecule has 2 aromatic heterocycles. The topological polar surface area (TPSA) is 29.7 Å². The first-order chi connectivity index (χ1) is 29.5. The second-order valence-corrected chi connectivity index (χ2v) is 16.1. The summed E-state index contributed by atoms with van der Waals surface area (Å²) in [6.45, 7) is 4.67. The van der Waals surface area contributed by atoms with Gasteiger partial charge in [0.05, 0.1) is 33.7 Å². The molecular weight excluding hydrogens is 731 g/mol. The second-order valence-electron chi connectivity index (χ2n) is 16.1. The Kier molecular flexibility index (Phi) is 8.28. The molecule has 0 aliphatic heterocycles. The first-order valence-corrected chi connectivity index (χ1v) is 20.6. The Bertz CT molecular complexity index is 3290. The molecule has 1 aliphatic carbocycles. The molecule has 2 heterocycles. The van der Waals surface area contributed by atoms with Gasteiger partial charge in [-0.15, -0.1) is 0 Å². The number of rotatable bonds is 7. The summed E-state index contributed by atoms with van der Waals surface area (Å²) in [4.78, 5) is 16.6. The molecule has 0 amide bonds. The lowest BCUT2D eigenvalue weighted by molar-refractivity contribution is 0.660. The molecule has 11 rings (SSSR count). The van der Waals surface area contributed by atoms with E-state index in [0.717, 1.165) is 61.9 Å². The molecule has 0 unspecified atom stereocenters. The third-order valence-corrected chi connectivity index (χ3v) is 12.4. The van der Waals surface area contributed by atoms with E-state index in [1.54, 1.807) is 0 Å². The van der Waals surface area contributed by atoms with Crippen LogP contribution in [-0.4, -0.2) is 8.97 Å². The Balaban J connectivity index is 1.02. The molecule has 0 fully saturated rings. The second kappa shape index (κ2) is 14.0. The van der Waals surface area contributed by atoms with Crippen molar-refractivity contribution in [1.29, 1.82) is 0 Å². The quantitative estimate of drug-likeness (QED) is 0.161. The maximum absolute atomic E-state index is 14.2. The lowest BCUT2D eigenvalue weighted by Gasteiger charge is -2.30. The molecule has 0 radical (unpaired) electrons. The van der Waals surface area contributed by atoms with Gasteiger partial charge in [0.15, 0.2) is 0 Å². The number of nitrogens with zero attached hydrogens (tertiary/aromatic N) is 3. The van der Waals surface area contributed by atoms with Gasteiger partial charge in [-0.05, 0) is 99.6 Å². The minimum Gasteiger partial charge on any atom is -0.309 e. The van der Waals surface area contributed by atoms with Crippen LogP contribution in [0.25, 0.3) is 66.9 Å². The van der Waals surface area contributed by atoms with E-state index < -0.39 is 0 Å². The molecule has 10 aromatic rings. The van der Waals surface area contributed by atoms with Crippen molar-refractivity contribution in [2.45, 2.75) is 19.3 Å². The first-order valence-electron chi connectivity index (χ1n) is 20.6. The average Bonchev–Trinajstić information content (AvgIpc) is 3.85. The van der Waals surface area contributed by atoms with Crippen LogP contribution in [0.2, 0.25) is 0 Å². The number of para-hydroxylation sites is 2. The van der Waals surface area contributed by atoms with E-state index >= 15 is 0 Å². The normalized spacial score (nSPS) is 12.7. The standard InChI is InChI=1S/C56H41N3O/c1-56(2)47-23-12-9-21-45(47)54-48(56)24-15-27-52(54)57(50-25-13-10-20-44(50)40-16-5-3-6-17-40)42-32-28-38(29-33-42)39-30-34-43(35-31-39)58-53-37-36-49(41-18-7-4-8-19-41)59(53)51-26-14-11-22-46(51)55(58)60/h3-37H,1-2H3. The molecule has 0 saturated heterocycles. The summed E-state index contributed by atoms with van der Waals surface area (Å²) >= 11 is 0. The fourth-order valence-electron chi connectivity index (χ4n) is 9.48. The molecular formula is C56H41N3O. The van der Waals surface area contributed by atoms with Crippen molar-refractivity contribution < 1.29 is 0 Å². The average molecular weight is 772 g/mol. The van der Waals surface area contributed by atoms with Crippen molar-refractivity contribution in [3.63, 3.8) is 0 Å². The van der Waals surface area contributed by atoms with E-state index in [9.17, 15) is 4.79 Å². The maximum atomic E-state index is 14.2. The maximum Gasteiger partial charge on any atom is 0.266 e. The van der Waals surface area contributed by atoms with Crippen molar-refractivity contribution in [2.24, 2.45) is 0 Å². The van der Waals surface area contributed by atoms with Gasteiger partial charge >= 0.3 is 0 Å². The molecule has 0 spiro atoms. The molecule has 4 heteroatoms. The molecule has 4 nitrogen and oxygen atoms in total. The van der Waals surface area contributed by atoms with Crippen LogP contribution in [0.1, 0.15) is 25.0 Å². The Morgan fingerprint density at radius 2 is 1.03 bits per heavy atom. The zero-order valence-electron chi connectivity index (χ0n) is 33.5. The third kappa shape index (κ3) is 5.56. The fraction of sp³-hybridized carbons (Fsp3) is 0.0536.